The van der Waals surface area contributed by atoms with Crippen LogP contribution in [0.3, 0.4) is 0 Å². The van der Waals surface area contributed by atoms with Crippen LogP contribution in [-0.2, 0) is 10.0 Å². The van der Waals surface area contributed by atoms with Gasteiger partial charge in [0.15, 0.2) is 0 Å². The molecule has 1 N–H and O–H groups in total. The van der Waals surface area contributed by atoms with Crippen LogP contribution in [0.5, 0.6) is 0 Å². The summed E-state index contributed by atoms with van der Waals surface area (Å²) < 4.78 is 27.1. The summed E-state index contributed by atoms with van der Waals surface area (Å²) in [5.74, 6) is 0. The molecule has 0 bridgehead atoms. The molecule has 0 radical (unpaired) electrons. The van der Waals surface area contributed by atoms with Crippen molar-refractivity contribution < 1.29 is 13.3 Å². The predicted molar refractivity (Wildman–Crippen MR) is 112 cm³/mol. The van der Waals surface area contributed by atoms with Gasteiger partial charge < -0.3 is 10.2 Å². The van der Waals surface area contributed by atoms with Crippen LogP contribution >= 0.6 is 11.6 Å². The largest absolute Gasteiger partial charge is 0.377 e. The van der Waals surface area contributed by atoms with Crippen molar-refractivity contribution in [2.24, 2.45) is 0 Å². The summed E-state index contributed by atoms with van der Waals surface area (Å²) in [6.45, 7) is 1.70. The molecule has 2 aromatic carbocycles. The average molecular weight is 437 g/mol. The average Bonchev–Trinajstić information content (AvgIpc) is 3.52. The molecule has 8 nitrogen and oxygen atoms in total. The quantitative estimate of drug-likeness (QED) is 0.551. The highest BCUT2D eigenvalue weighted by Gasteiger charge is 2.30. The summed E-state index contributed by atoms with van der Waals surface area (Å²) in [7, 11) is -3.57. The smallest absolute Gasteiger partial charge is 0.292 e. The summed E-state index contributed by atoms with van der Waals surface area (Å²) in [6.07, 6.45) is 2.03. The number of nitro benzene ring substituents is 1. The zero-order valence-electron chi connectivity index (χ0n) is 15.6. The number of hydrogen-bond acceptors (Lipinski definition) is 6. The Kier molecular flexibility index (Phi) is 5.37. The summed E-state index contributed by atoms with van der Waals surface area (Å²) in [5.41, 5.74) is 1.43. The third-order valence-electron chi connectivity index (χ3n) is 5.17. The number of anilines is 2. The van der Waals surface area contributed by atoms with Crippen molar-refractivity contribution in [2.45, 2.75) is 23.8 Å². The lowest BCUT2D eigenvalue weighted by molar-refractivity contribution is -0.384. The van der Waals surface area contributed by atoms with E-state index in [2.05, 4.69) is 10.2 Å². The molecule has 2 fully saturated rings. The standard InChI is InChI=1S/C19H21ClN4O4S/c20-14-1-6-17(7-2-14)29(27,28)23-11-9-22(10-12-23)16-5-8-19(24(25)26)18(13-16)21-15-3-4-15/h1-2,5-8,13,15,21H,3-4,9-12H2. The van der Waals surface area contributed by atoms with Gasteiger partial charge in [-0.1, -0.05) is 11.6 Å². The summed E-state index contributed by atoms with van der Waals surface area (Å²) in [5, 5.41) is 15.0. The lowest BCUT2D eigenvalue weighted by Gasteiger charge is -2.35. The Morgan fingerprint density at radius 2 is 1.69 bits per heavy atom. The second-order valence-electron chi connectivity index (χ2n) is 7.22. The minimum atomic E-state index is -3.57. The molecule has 1 aliphatic heterocycles. The van der Waals surface area contributed by atoms with Crippen LogP contribution in [0.15, 0.2) is 47.4 Å². The van der Waals surface area contributed by atoms with E-state index in [9.17, 15) is 18.5 Å². The lowest BCUT2D eigenvalue weighted by Crippen LogP contribution is -2.48. The van der Waals surface area contributed by atoms with Crippen molar-refractivity contribution in [3.63, 3.8) is 0 Å². The topological polar surface area (TPSA) is 95.8 Å². The fourth-order valence-corrected chi connectivity index (χ4v) is 4.93. The maximum Gasteiger partial charge on any atom is 0.292 e. The van der Waals surface area contributed by atoms with Crippen LogP contribution in [-0.4, -0.2) is 49.9 Å². The Balaban J connectivity index is 1.48. The van der Waals surface area contributed by atoms with Gasteiger partial charge in [-0.15, -0.1) is 0 Å². The van der Waals surface area contributed by atoms with Crippen LogP contribution in [0.1, 0.15) is 12.8 Å². The van der Waals surface area contributed by atoms with Gasteiger partial charge in [0.1, 0.15) is 5.69 Å². The van der Waals surface area contributed by atoms with Crippen molar-refractivity contribution in [1.29, 1.82) is 0 Å². The van der Waals surface area contributed by atoms with Gasteiger partial charge >= 0.3 is 0 Å². The van der Waals surface area contributed by atoms with Crippen LogP contribution in [0.2, 0.25) is 5.02 Å². The van der Waals surface area contributed by atoms with Gasteiger partial charge in [0.05, 0.1) is 9.82 Å². The molecule has 0 atom stereocenters. The molecule has 1 aliphatic carbocycles. The monoisotopic (exact) mass is 436 g/mol. The van der Waals surface area contributed by atoms with Gasteiger partial charge in [0, 0.05) is 49.0 Å². The highest BCUT2D eigenvalue weighted by molar-refractivity contribution is 7.89. The van der Waals surface area contributed by atoms with E-state index in [-0.39, 0.29) is 15.5 Å². The van der Waals surface area contributed by atoms with Crippen LogP contribution in [0, 0.1) is 10.1 Å². The molecule has 0 spiro atoms. The van der Waals surface area contributed by atoms with Crippen LogP contribution in [0.4, 0.5) is 17.1 Å². The van der Waals surface area contributed by atoms with E-state index >= 15 is 0 Å². The van der Waals surface area contributed by atoms with Crippen molar-refractivity contribution in [3.8, 4) is 0 Å². The maximum absolute atomic E-state index is 12.8. The second-order valence-corrected chi connectivity index (χ2v) is 9.60. The van der Waals surface area contributed by atoms with Crippen LogP contribution < -0.4 is 10.2 Å². The summed E-state index contributed by atoms with van der Waals surface area (Å²) in [6, 6.07) is 11.5. The van der Waals surface area contributed by atoms with E-state index in [0.717, 1.165) is 18.5 Å². The molecule has 0 amide bonds. The van der Waals surface area contributed by atoms with Gasteiger partial charge in [0.2, 0.25) is 10.0 Å². The van der Waals surface area contributed by atoms with Crippen LogP contribution in [0.25, 0.3) is 0 Å². The number of halogens is 1. The number of hydrogen-bond donors (Lipinski definition) is 1. The molecule has 0 unspecified atom stereocenters. The number of benzene rings is 2. The summed E-state index contributed by atoms with van der Waals surface area (Å²) >= 11 is 5.85. The molecular weight excluding hydrogens is 416 g/mol. The van der Waals surface area contributed by atoms with Gasteiger partial charge in [-0.05, 0) is 49.2 Å². The predicted octanol–water partition coefficient (Wildman–Crippen LogP) is 3.33. The number of rotatable bonds is 6. The molecule has 0 aromatic heterocycles. The first-order valence-electron chi connectivity index (χ1n) is 9.40. The molecule has 154 valence electrons. The molecule has 2 aromatic rings. The molecule has 10 heteroatoms. The first-order chi connectivity index (χ1) is 13.8. The van der Waals surface area contributed by atoms with Gasteiger partial charge in [-0.25, -0.2) is 8.42 Å². The SMILES string of the molecule is O=[N+]([O-])c1ccc(N2CCN(S(=O)(=O)c3ccc(Cl)cc3)CC2)cc1NC1CC1. The Morgan fingerprint density at radius 3 is 2.28 bits per heavy atom. The zero-order valence-corrected chi connectivity index (χ0v) is 17.2. The molecular formula is C19H21ClN4O4S. The molecule has 2 aliphatic rings. The van der Waals surface area contributed by atoms with Crippen molar-refractivity contribution >= 4 is 38.7 Å². The second kappa shape index (κ2) is 7.81. The minimum Gasteiger partial charge on any atom is -0.377 e. The highest BCUT2D eigenvalue weighted by atomic mass is 35.5. The number of nitrogens with zero attached hydrogens (tertiary/aromatic N) is 3. The number of sulfonamides is 1. The molecule has 1 saturated heterocycles. The fraction of sp³-hybridized carbons (Fsp3) is 0.368. The van der Waals surface area contributed by atoms with Gasteiger partial charge in [-0.3, -0.25) is 10.1 Å². The Labute approximate surface area is 174 Å². The maximum atomic E-state index is 12.8. The molecule has 1 heterocycles. The first-order valence-corrected chi connectivity index (χ1v) is 11.2. The Bertz CT molecular complexity index is 1020. The Morgan fingerprint density at radius 1 is 1.03 bits per heavy atom. The lowest BCUT2D eigenvalue weighted by atomic mass is 10.2. The summed E-state index contributed by atoms with van der Waals surface area (Å²) in [4.78, 5) is 13.2. The minimum absolute atomic E-state index is 0.0598. The van der Waals surface area contributed by atoms with E-state index < -0.39 is 10.0 Å². The number of nitro groups is 1. The van der Waals surface area contributed by atoms with Crippen molar-refractivity contribution in [2.75, 3.05) is 36.4 Å². The van der Waals surface area contributed by atoms with E-state index in [1.54, 1.807) is 24.3 Å². The third-order valence-corrected chi connectivity index (χ3v) is 7.33. The third kappa shape index (κ3) is 4.31. The first kappa shape index (κ1) is 19.9. The van der Waals surface area contributed by atoms with Gasteiger partial charge in [-0.2, -0.15) is 4.31 Å². The van der Waals surface area contributed by atoms with Crippen molar-refractivity contribution in [3.05, 3.63) is 57.6 Å². The van der Waals surface area contributed by atoms with Crippen molar-refractivity contribution in [1.82, 2.24) is 4.31 Å². The fourth-order valence-electron chi connectivity index (χ4n) is 3.39. The Hall–Kier alpha value is -2.36. The normalized spacial score (nSPS) is 17.9. The molecule has 4 rings (SSSR count). The molecule has 1 saturated carbocycles. The highest BCUT2D eigenvalue weighted by Crippen LogP contribution is 2.34. The molecule has 29 heavy (non-hydrogen) atoms. The zero-order chi connectivity index (χ0) is 20.6. The van der Waals surface area contributed by atoms with Gasteiger partial charge in [0.25, 0.3) is 5.69 Å². The van der Waals surface area contributed by atoms with E-state index in [1.807, 2.05) is 0 Å². The van der Waals surface area contributed by atoms with E-state index in [0.29, 0.717) is 42.9 Å². The number of nitrogens with one attached hydrogen (secondary N) is 1. The van der Waals surface area contributed by atoms with E-state index in [4.69, 9.17) is 11.6 Å². The number of piperazine rings is 1. The van der Waals surface area contributed by atoms with E-state index in [1.165, 1.54) is 22.5 Å².